The Morgan fingerprint density at radius 3 is 2.50 bits per heavy atom. The van der Waals surface area contributed by atoms with Gasteiger partial charge in [0.1, 0.15) is 11.7 Å². The maximum Gasteiger partial charge on any atom is 0.315 e. The molecule has 0 radical (unpaired) electrons. The highest BCUT2D eigenvalue weighted by Crippen LogP contribution is 2.20. The van der Waals surface area contributed by atoms with Crippen molar-refractivity contribution in [2.45, 2.75) is 13.8 Å². The standard InChI is InChI=1S/C11H13NO4/c1-6-5-8(3-4-9(6)13)12-10(14)7(2)11(15)16/h3-5,7,13H,1-2H3,(H,12,14)(H,15,16). The number of hydrogen-bond acceptors (Lipinski definition) is 3. The summed E-state index contributed by atoms with van der Waals surface area (Å²) < 4.78 is 0. The van der Waals surface area contributed by atoms with E-state index in [2.05, 4.69) is 5.32 Å². The van der Waals surface area contributed by atoms with Crippen molar-refractivity contribution in [2.24, 2.45) is 5.92 Å². The number of hydrogen-bond donors (Lipinski definition) is 3. The zero-order valence-electron chi connectivity index (χ0n) is 9.02. The van der Waals surface area contributed by atoms with Crippen molar-refractivity contribution >= 4 is 17.6 Å². The summed E-state index contributed by atoms with van der Waals surface area (Å²) in [5.41, 5.74) is 1.08. The second-order valence-corrected chi connectivity index (χ2v) is 3.55. The highest BCUT2D eigenvalue weighted by molar-refractivity contribution is 6.03. The normalized spacial score (nSPS) is 11.9. The lowest BCUT2D eigenvalue weighted by molar-refractivity contribution is -0.144. The molecular formula is C11H13NO4. The second kappa shape index (κ2) is 4.65. The van der Waals surface area contributed by atoms with Crippen LogP contribution < -0.4 is 5.32 Å². The number of benzene rings is 1. The molecule has 0 aliphatic carbocycles. The van der Waals surface area contributed by atoms with Gasteiger partial charge in [-0.25, -0.2) is 0 Å². The second-order valence-electron chi connectivity index (χ2n) is 3.55. The van der Waals surface area contributed by atoms with Crippen LogP contribution in [0.4, 0.5) is 5.69 Å². The van der Waals surface area contributed by atoms with Crippen molar-refractivity contribution in [1.82, 2.24) is 0 Å². The van der Waals surface area contributed by atoms with Gasteiger partial charge >= 0.3 is 5.97 Å². The Kier molecular flexibility index (Phi) is 3.50. The first-order valence-corrected chi connectivity index (χ1v) is 4.75. The van der Waals surface area contributed by atoms with E-state index in [1.807, 2.05) is 0 Å². The third kappa shape index (κ3) is 2.73. The van der Waals surface area contributed by atoms with Gasteiger partial charge < -0.3 is 15.5 Å². The molecule has 0 aliphatic rings. The van der Waals surface area contributed by atoms with Crippen LogP contribution in [0.3, 0.4) is 0 Å². The van der Waals surface area contributed by atoms with E-state index in [0.29, 0.717) is 11.3 Å². The molecule has 1 atom stereocenters. The zero-order chi connectivity index (χ0) is 12.3. The maximum absolute atomic E-state index is 11.4. The van der Waals surface area contributed by atoms with E-state index in [1.165, 1.54) is 19.1 Å². The van der Waals surface area contributed by atoms with Crippen LogP contribution in [0.15, 0.2) is 18.2 Å². The SMILES string of the molecule is Cc1cc(NC(=O)C(C)C(=O)O)ccc1O. The largest absolute Gasteiger partial charge is 0.508 e. The van der Waals surface area contributed by atoms with E-state index in [4.69, 9.17) is 5.11 Å². The first kappa shape index (κ1) is 12.0. The van der Waals surface area contributed by atoms with E-state index in [0.717, 1.165) is 0 Å². The molecule has 1 aromatic carbocycles. The van der Waals surface area contributed by atoms with Crippen LogP contribution in [0.5, 0.6) is 5.75 Å². The van der Waals surface area contributed by atoms with Gasteiger partial charge in [0.15, 0.2) is 0 Å². The quantitative estimate of drug-likeness (QED) is 0.533. The summed E-state index contributed by atoms with van der Waals surface area (Å²) in [5, 5.41) is 20.4. The van der Waals surface area contributed by atoms with Crippen LogP contribution in [0, 0.1) is 12.8 Å². The van der Waals surface area contributed by atoms with Crippen molar-refractivity contribution in [1.29, 1.82) is 0 Å². The van der Waals surface area contributed by atoms with Crippen molar-refractivity contribution in [2.75, 3.05) is 5.32 Å². The number of carboxylic acid groups (broad SMARTS) is 1. The summed E-state index contributed by atoms with van der Waals surface area (Å²) in [4.78, 5) is 21.9. The third-order valence-corrected chi connectivity index (χ3v) is 2.23. The maximum atomic E-state index is 11.4. The minimum Gasteiger partial charge on any atom is -0.508 e. The van der Waals surface area contributed by atoms with Crippen LogP contribution in [0.25, 0.3) is 0 Å². The molecule has 0 saturated heterocycles. The van der Waals surface area contributed by atoms with Gasteiger partial charge in [0.2, 0.25) is 5.91 Å². The first-order valence-electron chi connectivity index (χ1n) is 4.75. The Balaban J connectivity index is 2.77. The lowest BCUT2D eigenvalue weighted by atomic mass is 10.1. The van der Waals surface area contributed by atoms with Crippen molar-refractivity contribution in [3.8, 4) is 5.75 Å². The summed E-state index contributed by atoms with van der Waals surface area (Å²) in [5.74, 6) is -2.73. The van der Waals surface area contributed by atoms with Crippen LogP contribution >= 0.6 is 0 Å². The Morgan fingerprint density at radius 1 is 1.38 bits per heavy atom. The van der Waals surface area contributed by atoms with Gasteiger partial charge in [0.25, 0.3) is 0 Å². The van der Waals surface area contributed by atoms with E-state index in [9.17, 15) is 14.7 Å². The third-order valence-electron chi connectivity index (χ3n) is 2.23. The fourth-order valence-electron chi connectivity index (χ4n) is 1.10. The molecule has 16 heavy (non-hydrogen) atoms. The highest BCUT2D eigenvalue weighted by Gasteiger charge is 2.20. The number of phenols is 1. The van der Waals surface area contributed by atoms with Gasteiger partial charge in [-0.2, -0.15) is 0 Å². The Hall–Kier alpha value is -2.04. The minimum absolute atomic E-state index is 0.129. The molecule has 1 aromatic rings. The number of carbonyl (C=O) groups is 2. The van der Waals surface area contributed by atoms with E-state index in [1.54, 1.807) is 13.0 Å². The molecule has 0 fully saturated rings. The predicted molar refractivity (Wildman–Crippen MR) is 58.3 cm³/mol. The number of phenolic OH excluding ortho intramolecular Hbond substituents is 1. The molecule has 0 aromatic heterocycles. The molecule has 1 amide bonds. The molecule has 0 saturated carbocycles. The molecule has 0 spiro atoms. The van der Waals surface area contributed by atoms with Gasteiger partial charge in [0.05, 0.1) is 0 Å². The van der Waals surface area contributed by atoms with Crippen molar-refractivity contribution in [3.63, 3.8) is 0 Å². The number of carbonyl (C=O) groups excluding carboxylic acids is 1. The van der Waals surface area contributed by atoms with Crippen molar-refractivity contribution < 1.29 is 19.8 Å². The number of aliphatic carboxylic acids is 1. The fraction of sp³-hybridized carbons (Fsp3) is 0.273. The van der Waals surface area contributed by atoms with Gasteiger partial charge in [-0.1, -0.05) is 0 Å². The average molecular weight is 223 g/mol. The molecule has 0 bridgehead atoms. The number of amides is 1. The van der Waals surface area contributed by atoms with Crippen LogP contribution in [0.1, 0.15) is 12.5 Å². The molecule has 5 nitrogen and oxygen atoms in total. The van der Waals surface area contributed by atoms with Gasteiger partial charge in [-0.05, 0) is 37.6 Å². The number of aromatic hydroxyl groups is 1. The molecule has 0 aliphatic heterocycles. The summed E-state index contributed by atoms with van der Waals surface area (Å²) >= 11 is 0. The minimum atomic E-state index is -1.17. The molecule has 86 valence electrons. The number of rotatable bonds is 3. The predicted octanol–water partition coefficient (Wildman–Crippen LogP) is 1.36. The van der Waals surface area contributed by atoms with Crippen LogP contribution in [-0.2, 0) is 9.59 Å². The number of anilines is 1. The number of nitrogens with one attached hydrogen (secondary N) is 1. The van der Waals surface area contributed by atoms with Crippen LogP contribution in [-0.4, -0.2) is 22.1 Å². The zero-order valence-corrected chi connectivity index (χ0v) is 9.02. The molecule has 1 unspecified atom stereocenters. The fourth-order valence-corrected chi connectivity index (χ4v) is 1.10. The Morgan fingerprint density at radius 2 is 2.00 bits per heavy atom. The summed E-state index contributed by atoms with van der Waals surface area (Å²) in [7, 11) is 0. The summed E-state index contributed by atoms with van der Waals surface area (Å²) in [6.45, 7) is 3.00. The smallest absolute Gasteiger partial charge is 0.315 e. The Bertz CT molecular complexity index is 428. The van der Waals surface area contributed by atoms with Crippen molar-refractivity contribution in [3.05, 3.63) is 23.8 Å². The number of carboxylic acids is 1. The monoisotopic (exact) mass is 223 g/mol. The van der Waals surface area contributed by atoms with Gasteiger partial charge in [-0.3, -0.25) is 9.59 Å². The van der Waals surface area contributed by atoms with Crippen LogP contribution in [0.2, 0.25) is 0 Å². The van der Waals surface area contributed by atoms with E-state index in [-0.39, 0.29) is 5.75 Å². The molecule has 3 N–H and O–H groups in total. The summed E-state index contributed by atoms with van der Waals surface area (Å²) in [6.07, 6.45) is 0. The van der Waals surface area contributed by atoms with E-state index >= 15 is 0 Å². The summed E-state index contributed by atoms with van der Waals surface area (Å²) in [6, 6.07) is 4.52. The molecule has 0 heterocycles. The lowest BCUT2D eigenvalue weighted by Gasteiger charge is -2.09. The van der Waals surface area contributed by atoms with Gasteiger partial charge in [-0.15, -0.1) is 0 Å². The molecule has 1 rings (SSSR count). The molecular weight excluding hydrogens is 210 g/mol. The Labute approximate surface area is 92.7 Å². The van der Waals surface area contributed by atoms with Gasteiger partial charge in [0, 0.05) is 5.69 Å². The average Bonchev–Trinajstić information content (AvgIpc) is 2.22. The molecule has 5 heteroatoms. The highest BCUT2D eigenvalue weighted by atomic mass is 16.4. The number of aryl methyl sites for hydroxylation is 1. The topological polar surface area (TPSA) is 86.6 Å². The van der Waals surface area contributed by atoms with E-state index < -0.39 is 17.8 Å². The first-order chi connectivity index (χ1) is 7.41. The lowest BCUT2D eigenvalue weighted by Crippen LogP contribution is -2.26.